The predicted molar refractivity (Wildman–Crippen MR) is 75.6 cm³/mol. The van der Waals surface area contributed by atoms with E-state index in [1.165, 1.54) is 5.56 Å². The highest BCUT2D eigenvalue weighted by atomic mass is 15.1. The minimum absolute atomic E-state index is 0.444. The van der Waals surface area contributed by atoms with E-state index in [0.717, 1.165) is 23.6 Å². The van der Waals surface area contributed by atoms with Gasteiger partial charge in [-0.3, -0.25) is 0 Å². The first-order valence-electron chi connectivity index (χ1n) is 6.54. The molecule has 1 atom stereocenters. The van der Waals surface area contributed by atoms with Gasteiger partial charge in [0, 0.05) is 30.8 Å². The van der Waals surface area contributed by atoms with Gasteiger partial charge in [-0.25, -0.2) is 15.0 Å². The van der Waals surface area contributed by atoms with Gasteiger partial charge in [-0.2, -0.15) is 0 Å². The van der Waals surface area contributed by atoms with Crippen molar-refractivity contribution < 1.29 is 0 Å². The second-order valence-electron chi connectivity index (χ2n) is 5.10. The molecule has 102 valence electrons. The lowest BCUT2D eigenvalue weighted by atomic mass is 9.99. The van der Waals surface area contributed by atoms with Crippen LogP contribution in [0.25, 0.3) is 11.6 Å². The number of aromatic nitrogens is 4. The van der Waals surface area contributed by atoms with Gasteiger partial charge in [0.05, 0.1) is 0 Å². The maximum absolute atomic E-state index is 5.69. The van der Waals surface area contributed by atoms with E-state index in [4.69, 9.17) is 5.73 Å². The fourth-order valence-corrected chi connectivity index (χ4v) is 2.15. The Morgan fingerprint density at radius 3 is 2.37 bits per heavy atom. The predicted octanol–water partition coefficient (Wildman–Crippen LogP) is 1.63. The molecule has 0 aliphatic carbocycles. The monoisotopic (exact) mass is 259 g/mol. The molecule has 0 saturated heterocycles. The van der Waals surface area contributed by atoms with Crippen molar-refractivity contribution in [3.8, 4) is 11.6 Å². The maximum Gasteiger partial charge on any atom is 0.196 e. The first-order valence-corrected chi connectivity index (χ1v) is 6.54. The quantitative estimate of drug-likeness (QED) is 0.906. The van der Waals surface area contributed by atoms with Crippen molar-refractivity contribution in [3.63, 3.8) is 0 Å². The Bertz CT molecular complexity index is 550. The molecule has 2 heterocycles. The molecule has 2 N–H and O–H groups in total. The number of nitrogens with zero attached hydrogens (tertiary/aromatic N) is 4. The van der Waals surface area contributed by atoms with Crippen LogP contribution in [-0.2, 0) is 13.5 Å². The fourth-order valence-electron chi connectivity index (χ4n) is 2.15. The van der Waals surface area contributed by atoms with Gasteiger partial charge in [0.25, 0.3) is 0 Å². The van der Waals surface area contributed by atoms with E-state index in [9.17, 15) is 0 Å². The van der Waals surface area contributed by atoms with Gasteiger partial charge in [-0.05, 0) is 38.3 Å². The normalized spacial score (nSPS) is 12.7. The van der Waals surface area contributed by atoms with Crippen molar-refractivity contribution in [2.75, 3.05) is 6.54 Å². The van der Waals surface area contributed by atoms with E-state index >= 15 is 0 Å². The number of rotatable bonds is 4. The first-order chi connectivity index (χ1) is 9.02. The minimum atomic E-state index is 0.444. The molecule has 1 unspecified atom stereocenters. The van der Waals surface area contributed by atoms with Gasteiger partial charge in [0.1, 0.15) is 0 Å². The molecule has 5 nitrogen and oxygen atoms in total. The fraction of sp³-hybridized carbons (Fsp3) is 0.500. The summed E-state index contributed by atoms with van der Waals surface area (Å²) >= 11 is 0. The summed E-state index contributed by atoms with van der Waals surface area (Å²) in [5.41, 5.74) is 8.94. The third-order valence-corrected chi connectivity index (χ3v) is 3.40. The van der Waals surface area contributed by atoms with E-state index in [0.29, 0.717) is 18.3 Å². The van der Waals surface area contributed by atoms with Crippen LogP contribution in [0, 0.1) is 19.8 Å². The Morgan fingerprint density at radius 2 is 1.89 bits per heavy atom. The summed E-state index contributed by atoms with van der Waals surface area (Å²) in [6.45, 7) is 6.88. The van der Waals surface area contributed by atoms with Gasteiger partial charge in [0.15, 0.2) is 11.6 Å². The van der Waals surface area contributed by atoms with Gasteiger partial charge < -0.3 is 10.3 Å². The SMILES string of the molecule is Cc1nc(-c2nccn2C)nc(C)c1CC(C)CN. The van der Waals surface area contributed by atoms with E-state index in [-0.39, 0.29) is 0 Å². The summed E-state index contributed by atoms with van der Waals surface area (Å²) in [4.78, 5) is 13.5. The molecule has 0 radical (unpaired) electrons. The van der Waals surface area contributed by atoms with Crippen LogP contribution in [-0.4, -0.2) is 26.1 Å². The Labute approximate surface area is 113 Å². The lowest BCUT2D eigenvalue weighted by Gasteiger charge is -2.14. The largest absolute Gasteiger partial charge is 0.331 e. The van der Waals surface area contributed by atoms with Crippen LogP contribution < -0.4 is 5.73 Å². The molecule has 0 amide bonds. The van der Waals surface area contributed by atoms with Gasteiger partial charge in [-0.15, -0.1) is 0 Å². The van der Waals surface area contributed by atoms with E-state index in [2.05, 4.69) is 21.9 Å². The molecule has 0 aromatic carbocycles. The molecule has 2 aromatic heterocycles. The highest BCUT2D eigenvalue weighted by Crippen LogP contribution is 2.19. The zero-order valence-corrected chi connectivity index (χ0v) is 12.0. The van der Waals surface area contributed by atoms with Crippen LogP contribution in [0.5, 0.6) is 0 Å². The molecular weight excluding hydrogens is 238 g/mol. The number of hydrogen-bond donors (Lipinski definition) is 1. The van der Waals surface area contributed by atoms with Gasteiger partial charge in [0.2, 0.25) is 0 Å². The van der Waals surface area contributed by atoms with Crippen molar-refractivity contribution in [2.24, 2.45) is 18.7 Å². The Kier molecular flexibility index (Phi) is 3.95. The summed E-state index contributed by atoms with van der Waals surface area (Å²) < 4.78 is 1.93. The molecule has 2 aromatic rings. The minimum Gasteiger partial charge on any atom is -0.331 e. The van der Waals surface area contributed by atoms with Crippen molar-refractivity contribution >= 4 is 0 Å². The summed E-state index contributed by atoms with van der Waals surface area (Å²) in [5.74, 6) is 1.93. The lowest BCUT2D eigenvalue weighted by molar-refractivity contribution is 0.585. The highest BCUT2D eigenvalue weighted by Gasteiger charge is 2.14. The average molecular weight is 259 g/mol. The van der Waals surface area contributed by atoms with Crippen LogP contribution >= 0.6 is 0 Å². The van der Waals surface area contributed by atoms with Gasteiger partial charge in [-0.1, -0.05) is 6.92 Å². The topological polar surface area (TPSA) is 69.6 Å². The number of hydrogen-bond acceptors (Lipinski definition) is 4. The zero-order chi connectivity index (χ0) is 14.0. The first kappa shape index (κ1) is 13.7. The summed E-state index contributed by atoms with van der Waals surface area (Å²) in [6, 6.07) is 0. The average Bonchev–Trinajstić information content (AvgIpc) is 2.79. The summed E-state index contributed by atoms with van der Waals surface area (Å²) in [6.07, 6.45) is 4.58. The standard InChI is InChI=1S/C14H21N5/c1-9(8-15)7-12-10(2)17-13(18-11(12)3)14-16-5-6-19(14)4/h5-6,9H,7-8,15H2,1-4H3. The van der Waals surface area contributed by atoms with Crippen molar-refractivity contribution in [1.29, 1.82) is 0 Å². The lowest BCUT2D eigenvalue weighted by Crippen LogP contribution is -2.15. The summed E-state index contributed by atoms with van der Waals surface area (Å²) in [7, 11) is 1.95. The summed E-state index contributed by atoms with van der Waals surface area (Å²) in [5, 5.41) is 0. The molecule has 2 rings (SSSR count). The van der Waals surface area contributed by atoms with Crippen LogP contribution in [0.15, 0.2) is 12.4 Å². The Hall–Kier alpha value is -1.75. The van der Waals surface area contributed by atoms with Gasteiger partial charge >= 0.3 is 0 Å². The smallest absolute Gasteiger partial charge is 0.196 e. The number of nitrogens with two attached hydrogens (primary N) is 1. The third-order valence-electron chi connectivity index (χ3n) is 3.40. The Morgan fingerprint density at radius 1 is 1.26 bits per heavy atom. The van der Waals surface area contributed by atoms with Crippen molar-refractivity contribution in [2.45, 2.75) is 27.2 Å². The molecule has 19 heavy (non-hydrogen) atoms. The molecule has 5 heteroatoms. The molecule has 0 bridgehead atoms. The number of imidazole rings is 1. The second kappa shape index (κ2) is 5.48. The van der Waals surface area contributed by atoms with Crippen LogP contribution in [0.4, 0.5) is 0 Å². The highest BCUT2D eigenvalue weighted by molar-refractivity contribution is 5.46. The molecule has 0 spiro atoms. The van der Waals surface area contributed by atoms with E-state index < -0.39 is 0 Å². The third kappa shape index (κ3) is 2.81. The van der Waals surface area contributed by atoms with Crippen LogP contribution in [0.3, 0.4) is 0 Å². The molecule has 0 saturated carbocycles. The molecule has 0 aliphatic rings. The van der Waals surface area contributed by atoms with Crippen LogP contribution in [0.1, 0.15) is 23.9 Å². The second-order valence-corrected chi connectivity index (χ2v) is 5.10. The van der Waals surface area contributed by atoms with E-state index in [1.807, 2.05) is 31.7 Å². The van der Waals surface area contributed by atoms with Crippen molar-refractivity contribution in [1.82, 2.24) is 19.5 Å². The Balaban J connectivity index is 2.40. The van der Waals surface area contributed by atoms with E-state index in [1.54, 1.807) is 6.20 Å². The maximum atomic E-state index is 5.69. The molecule has 0 aliphatic heterocycles. The zero-order valence-electron chi connectivity index (χ0n) is 12.0. The molecule has 0 fully saturated rings. The number of aryl methyl sites for hydroxylation is 3. The van der Waals surface area contributed by atoms with Crippen LogP contribution in [0.2, 0.25) is 0 Å². The van der Waals surface area contributed by atoms with Crippen molar-refractivity contribution in [3.05, 3.63) is 29.3 Å². The molecular formula is C14H21N5.